The summed E-state index contributed by atoms with van der Waals surface area (Å²) in [6, 6.07) is 0. The van der Waals surface area contributed by atoms with Gasteiger partial charge in [0.2, 0.25) is 0 Å². The van der Waals surface area contributed by atoms with Gasteiger partial charge in [-0.1, -0.05) is 18.2 Å². The van der Waals surface area contributed by atoms with Crippen molar-refractivity contribution in [2.75, 3.05) is 6.61 Å². The van der Waals surface area contributed by atoms with E-state index in [2.05, 4.69) is 6.58 Å². The smallest absolute Gasteiger partial charge is 0.0659 e. The van der Waals surface area contributed by atoms with Crippen LogP contribution >= 0.6 is 11.6 Å². The summed E-state index contributed by atoms with van der Waals surface area (Å²) in [7, 11) is 0. The lowest BCUT2D eigenvalue weighted by Gasteiger charge is -1.95. The van der Waals surface area contributed by atoms with E-state index in [0.29, 0.717) is 12.0 Å². The van der Waals surface area contributed by atoms with Gasteiger partial charge in [-0.2, -0.15) is 0 Å². The molecular weight excluding hydrogens is 136 g/mol. The van der Waals surface area contributed by atoms with E-state index in [1.165, 1.54) is 0 Å². The van der Waals surface area contributed by atoms with Crippen LogP contribution in [0.5, 0.6) is 0 Å². The number of hydrogen-bond acceptors (Lipinski definition) is 1. The third kappa shape index (κ3) is 1.70. The fourth-order valence-electron chi connectivity index (χ4n) is 0.900. The van der Waals surface area contributed by atoms with Crippen LogP contribution in [0.25, 0.3) is 0 Å². The molecule has 2 atom stereocenters. The van der Waals surface area contributed by atoms with Gasteiger partial charge in [0.15, 0.2) is 0 Å². The topological polar surface area (TPSA) is 9.23 Å². The van der Waals surface area contributed by atoms with Crippen molar-refractivity contribution >= 4 is 11.6 Å². The summed E-state index contributed by atoms with van der Waals surface area (Å²) in [5.74, 6) is 0.437. The fourth-order valence-corrected chi connectivity index (χ4v) is 1.13. The minimum Gasteiger partial charge on any atom is -0.378 e. The predicted octanol–water partition coefficient (Wildman–Crippen LogP) is 2.16. The molecule has 0 unspecified atom stereocenters. The standard InChI is InChI=1S/C7H11ClO/c1-3-9-7-4-6(7)5(2)8/h6-7H,2-4H2,1H3/t6-,7-/m0/s1. The zero-order valence-corrected chi connectivity index (χ0v) is 6.32. The monoisotopic (exact) mass is 146 g/mol. The predicted molar refractivity (Wildman–Crippen MR) is 38.5 cm³/mol. The number of ether oxygens (including phenoxy) is 1. The van der Waals surface area contributed by atoms with Crippen molar-refractivity contribution in [1.82, 2.24) is 0 Å². The molecule has 0 aromatic rings. The first-order valence-electron chi connectivity index (χ1n) is 3.21. The molecule has 1 saturated carbocycles. The Kier molecular flexibility index (Phi) is 2.14. The van der Waals surface area contributed by atoms with E-state index < -0.39 is 0 Å². The first kappa shape index (κ1) is 7.10. The molecule has 0 radical (unpaired) electrons. The van der Waals surface area contributed by atoms with Gasteiger partial charge in [0, 0.05) is 17.6 Å². The largest absolute Gasteiger partial charge is 0.378 e. The van der Waals surface area contributed by atoms with Crippen LogP contribution in [-0.4, -0.2) is 12.7 Å². The van der Waals surface area contributed by atoms with Gasteiger partial charge in [-0.3, -0.25) is 0 Å². The fraction of sp³-hybridized carbons (Fsp3) is 0.714. The van der Waals surface area contributed by atoms with Gasteiger partial charge >= 0.3 is 0 Å². The zero-order chi connectivity index (χ0) is 6.85. The summed E-state index contributed by atoms with van der Waals surface area (Å²) in [5, 5.41) is 0.744. The minimum atomic E-state index is 0.375. The van der Waals surface area contributed by atoms with E-state index in [1.807, 2.05) is 6.92 Å². The van der Waals surface area contributed by atoms with E-state index in [4.69, 9.17) is 16.3 Å². The number of hydrogen-bond donors (Lipinski definition) is 0. The van der Waals surface area contributed by atoms with Crippen molar-refractivity contribution in [3.63, 3.8) is 0 Å². The van der Waals surface area contributed by atoms with Crippen LogP contribution in [0.2, 0.25) is 0 Å². The molecule has 0 aromatic heterocycles. The average Bonchev–Trinajstić information content (AvgIpc) is 2.47. The first-order valence-corrected chi connectivity index (χ1v) is 3.59. The maximum Gasteiger partial charge on any atom is 0.0659 e. The minimum absolute atomic E-state index is 0.375. The highest BCUT2D eigenvalue weighted by Gasteiger charge is 2.39. The summed E-state index contributed by atoms with van der Waals surface area (Å²) in [6.45, 7) is 6.41. The second-order valence-electron chi connectivity index (χ2n) is 2.28. The Morgan fingerprint density at radius 1 is 1.89 bits per heavy atom. The summed E-state index contributed by atoms with van der Waals surface area (Å²) >= 11 is 5.63. The SMILES string of the molecule is C=C(Cl)[C@@H]1C[C@@H]1OCC. The van der Waals surface area contributed by atoms with Crippen molar-refractivity contribution in [3.8, 4) is 0 Å². The third-order valence-corrected chi connectivity index (χ3v) is 1.80. The first-order chi connectivity index (χ1) is 4.25. The van der Waals surface area contributed by atoms with E-state index in [-0.39, 0.29) is 0 Å². The molecule has 0 heterocycles. The van der Waals surface area contributed by atoms with Crippen LogP contribution in [0.3, 0.4) is 0 Å². The molecule has 2 heteroatoms. The van der Waals surface area contributed by atoms with E-state index >= 15 is 0 Å². The molecule has 0 spiro atoms. The van der Waals surface area contributed by atoms with Gasteiger partial charge in [0.05, 0.1) is 6.10 Å². The van der Waals surface area contributed by atoms with Crippen LogP contribution < -0.4 is 0 Å². The number of halogens is 1. The normalized spacial score (nSPS) is 32.2. The highest BCUT2D eigenvalue weighted by molar-refractivity contribution is 6.29. The van der Waals surface area contributed by atoms with E-state index in [0.717, 1.165) is 18.1 Å². The van der Waals surface area contributed by atoms with Crippen molar-refractivity contribution in [1.29, 1.82) is 0 Å². The molecule has 1 nitrogen and oxygen atoms in total. The quantitative estimate of drug-likeness (QED) is 0.593. The maximum atomic E-state index is 5.63. The van der Waals surface area contributed by atoms with Crippen LogP contribution in [0.1, 0.15) is 13.3 Å². The highest BCUT2D eigenvalue weighted by Crippen LogP contribution is 2.40. The number of rotatable bonds is 3. The Balaban J connectivity index is 2.17. The molecule has 9 heavy (non-hydrogen) atoms. The molecule has 0 amide bonds. The van der Waals surface area contributed by atoms with Gasteiger partial charge in [0.25, 0.3) is 0 Å². The van der Waals surface area contributed by atoms with Crippen LogP contribution in [-0.2, 0) is 4.74 Å². The molecule has 0 aromatic carbocycles. The summed E-state index contributed by atoms with van der Waals surface area (Å²) < 4.78 is 5.28. The molecule has 1 fully saturated rings. The van der Waals surface area contributed by atoms with Crippen LogP contribution in [0.4, 0.5) is 0 Å². The Morgan fingerprint density at radius 3 is 2.89 bits per heavy atom. The molecule has 0 aliphatic heterocycles. The van der Waals surface area contributed by atoms with Gasteiger partial charge in [-0.05, 0) is 13.3 Å². The maximum absolute atomic E-state index is 5.63. The van der Waals surface area contributed by atoms with Gasteiger partial charge in [-0.25, -0.2) is 0 Å². The third-order valence-electron chi connectivity index (χ3n) is 1.51. The van der Waals surface area contributed by atoms with Crippen molar-refractivity contribution in [2.45, 2.75) is 19.4 Å². The molecule has 1 aliphatic rings. The highest BCUT2D eigenvalue weighted by atomic mass is 35.5. The lowest BCUT2D eigenvalue weighted by atomic mass is 10.4. The zero-order valence-electron chi connectivity index (χ0n) is 5.56. The molecule has 1 rings (SSSR count). The molecule has 0 N–H and O–H groups in total. The molecule has 0 bridgehead atoms. The van der Waals surface area contributed by atoms with Gasteiger partial charge in [-0.15, -0.1) is 0 Å². The Bertz CT molecular complexity index is 122. The Hall–Kier alpha value is -0.0100. The molecular formula is C7H11ClO. The van der Waals surface area contributed by atoms with Crippen LogP contribution in [0.15, 0.2) is 11.6 Å². The summed E-state index contributed by atoms with van der Waals surface area (Å²) in [4.78, 5) is 0. The average molecular weight is 147 g/mol. The Morgan fingerprint density at radius 2 is 2.56 bits per heavy atom. The lowest BCUT2D eigenvalue weighted by molar-refractivity contribution is 0.125. The van der Waals surface area contributed by atoms with Crippen LogP contribution in [0, 0.1) is 5.92 Å². The second-order valence-corrected chi connectivity index (χ2v) is 2.77. The van der Waals surface area contributed by atoms with Gasteiger partial charge < -0.3 is 4.74 Å². The van der Waals surface area contributed by atoms with Crippen molar-refractivity contribution in [3.05, 3.63) is 11.6 Å². The molecule has 52 valence electrons. The molecule has 0 saturated heterocycles. The Labute approximate surface area is 60.7 Å². The van der Waals surface area contributed by atoms with E-state index in [1.54, 1.807) is 0 Å². The molecule has 1 aliphatic carbocycles. The van der Waals surface area contributed by atoms with Crippen molar-refractivity contribution < 1.29 is 4.74 Å². The van der Waals surface area contributed by atoms with Gasteiger partial charge in [0.1, 0.15) is 0 Å². The van der Waals surface area contributed by atoms with E-state index in [9.17, 15) is 0 Å². The summed E-state index contributed by atoms with van der Waals surface area (Å²) in [6.07, 6.45) is 1.44. The lowest BCUT2D eigenvalue weighted by Crippen LogP contribution is -1.95. The van der Waals surface area contributed by atoms with Crippen molar-refractivity contribution in [2.24, 2.45) is 5.92 Å². The second kappa shape index (κ2) is 2.72. The summed E-state index contributed by atoms with van der Waals surface area (Å²) in [5.41, 5.74) is 0.